The van der Waals surface area contributed by atoms with E-state index in [-0.39, 0.29) is 22.9 Å². The Bertz CT molecular complexity index is 1820. The molecule has 2 heterocycles. The van der Waals surface area contributed by atoms with Crippen LogP contribution in [0.1, 0.15) is 80.2 Å². The van der Waals surface area contributed by atoms with Crippen molar-refractivity contribution < 1.29 is 19.3 Å². The number of aliphatic hydroxyl groups is 1. The standard InChI is InChI=1S/C45H49NO4/c1-41(2,47)36-28-42-23-24-44(36,48-3)40-43(42)25-26-46(29-30-19-20-30)37(42)27-31-21-22-35(39(49-40)38(31)43)50-45(32-13-7-4-8-14-32,33-15-9-5-10-16-33)34-17-11-6-12-18-34/h4-18,21-22,30,36-37,40,47H,19-20,23-29H2,1-3H3/t36-,37-,40-,42-,43+,44-/m1/s1. The second kappa shape index (κ2) is 10.7. The van der Waals surface area contributed by atoms with Gasteiger partial charge in [0.15, 0.2) is 17.1 Å². The molecule has 11 rings (SSSR count). The number of likely N-dealkylation sites (tertiary alicyclic amines) is 1. The maximum absolute atomic E-state index is 11.9. The van der Waals surface area contributed by atoms with Gasteiger partial charge in [-0.2, -0.15) is 0 Å². The highest BCUT2D eigenvalue weighted by atomic mass is 16.6. The van der Waals surface area contributed by atoms with Gasteiger partial charge >= 0.3 is 0 Å². The van der Waals surface area contributed by atoms with Crippen molar-refractivity contribution in [3.05, 3.63) is 131 Å². The first-order valence-electron chi connectivity index (χ1n) is 19.0. The largest absolute Gasteiger partial charge is 0.482 e. The molecule has 6 atom stereocenters. The molecule has 0 radical (unpaired) electrons. The lowest BCUT2D eigenvalue weighted by atomic mass is 9.34. The van der Waals surface area contributed by atoms with Crippen molar-refractivity contribution in [2.24, 2.45) is 17.3 Å². The third-order valence-electron chi connectivity index (χ3n) is 14.3. The van der Waals surface area contributed by atoms with Gasteiger partial charge in [0.05, 0.1) is 5.60 Å². The summed E-state index contributed by atoms with van der Waals surface area (Å²) in [4.78, 5) is 2.86. The van der Waals surface area contributed by atoms with Gasteiger partial charge in [-0.1, -0.05) is 97.1 Å². The van der Waals surface area contributed by atoms with Crippen LogP contribution in [0.25, 0.3) is 0 Å². The summed E-state index contributed by atoms with van der Waals surface area (Å²) in [6, 6.07) is 36.9. The molecule has 258 valence electrons. The number of benzene rings is 4. The average Bonchev–Trinajstić information content (AvgIpc) is 3.89. The lowest BCUT2D eigenvalue weighted by molar-refractivity contribution is -0.300. The molecule has 5 aliphatic carbocycles. The Morgan fingerprint density at radius 1 is 0.820 bits per heavy atom. The number of fused-ring (bicyclic) bond motifs is 2. The van der Waals surface area contributed by atoms with Gasteiger partial charge in [-0.15, -0.1) is 0 Å². The highest BCUT2D eigenvalue weighted by Gasteiger charge is 2.81. The number of ether oxygens (including phenoxy) is 3. The van der Waals surface area contributed by atoms with Crippen LogP contribution >= 0.6 is 0 Å². The fourth-order valence-electron chi connectivity index (χ4n) is 12.2. The number of methoxy groups -OCH3 is 1. The molecule has 2 aliphatic heterocycles. The third kappa shape index (κ3) is 3.95. The van der Waals surface area contributed by atoms with E-state index in [4.69, 9.17) is 14.2 Å². The SMILES string of the molecule is CO[C@]12CC[C@@]3(C[C@@H]1C(C)(C)O)[C@H]1Cc4ccc(OC(c5ccccc5)(c5ccccc5)c5ccccc5)c5c4[C@@]3(CCN1CC1CC1)[C@H]2O5. The third-order valence-corrected chi connectivity index (χ3v) is 14.3. The first-order chi connectivity index (χ1) is 24.3. The molecule has 4 aromatic rings. The summed E-state index contributed by atoms with van der Waals surface area (Å²) in [5, 5.41) is 11.9. The summed E-state index contributed by atoms with van der Waals surface area (Å²) in [6.45, 7) is 6.29. The normalized spacial score (nSPS) is 32.4. The first kappa shape index (κ1) is 31.1. The van der Waals surface area contributed by atoms with E-state index >= 15 is 0 Å². The molecule has 1 saturated heterocycles. The molecule has 0 aromatic heterocycles. The minimum absolute atomic E-state index is 0.00199. The molecule has 2 spiro atoms. The predicted octanol–water partition coefficient (Wildman–Crippen LogP) is 8.05. The highest BCUT2D eigenvalue weighted by molar-refractivity contribution is 5.65. The molecule has 5 heteroatoms. The summed E-state index contributed by atoms with van der Waals surface area (Å²) in [5.41, 5.74) is 3.39. The molecule has 4 bridgehead atoms. The molecule has 7 aliphatic rings. The molecule has 4 saturated carbocycles. The summed E-state index contributed by atoms with van der Waals surface area (Å²) in [5.74, 6) is 2.48. The van der Waals surface area contributed by atoms with E-state index in [0.29, 0.717) is 6.04 Å². The van der Waals surface area contributed by atoms with E-state index in [9.17, 15) is 5.11 Å². The Labute approximate surface area is 296 Å². The Hall–Kier alpha value is -3.64. The van der Waals surface area contributed by atoms with Crippen LogP contribution in [0.5, 0.6) is 11.5 Å². The lowest BCUT2D eigenvalue weighted by Gasteiger charge is -2.75. The van der Waals surface area contributed by atoms with Crippen LogP contribution in [0.3, 0.4) is 0 Å². The number of nitrogens with zero attached hydrogens (tertiary/aromatic N) is 1. The Kier molecular flexibility index (Phi) is 6.66. The summed E-state index contributed by atoms with van der Waals surface area (Å²) in [7, 11) is 1.87. The van der Waals surface area contributed by atoms with Gasteiger partial charge in [-0.25, -0.2) is 0 Å². The van der Waals surface area contributed by atoms with E-state index in [0.717, 1.165) is 72.8 Å². The van der Waals surface area contributed by atoms with E-state index in [1.54, 1.807) is 0 Å². The quantitative estimate of drug-likeness (QED) is 0.183. The minimum Gasteiger partial charge on any atom is -0.482 e. The average molecular weight is 668 g/mol. The van der Waals surface area contributed by atoms with Crippen LogP contribution in [0.15, 0.2) is 103 Å². The molecular formula is C45H49NO4. The zero-order chi connectivity index (χ0) is 33.9. The van der Waals surface area contributed by atoms with Gasteiger partial charge in [-0.05, 0) is 82.9 Å². The molecule has 5 fully saturated rings. The van der Waals surface area contributed by atoms with Crippen LogP contribution in [0.4, 0.5) is 0 Å². The van der Waals surface area contributed by atoms with E-state index in [1.165, 1.54) is 30.5 Å². The van der Waals surface area contributed by atoms with E-state index in [1.807, 2.05) is 21.0 Å². The van der Waals surface area contributed by atoms with Crippen LogP contribution in [0.2, 0.25) is 0 Å². The molecule has 50 heavy (non-hydrogen) atoms. The first-order valence-corrected chi connectivity index (χ1v) is 19.0. The predicted molar refractivity (Wildman–Crippen MR) is 195 cm³/mol. The fourth-order valence-corrected chi connectivity index (χ4v) is 12.2. The van der Waals surface area contributed by atoms with Crippen LogP contribution in [-0.2, 0) is 22.2 Å². The van der Waals surface area contributed by atoms with Crippen LogP contribution in [0, 0.1) is 17.3 Å². The maximum atomic E-state index is 11.9. The molecular weight excluding hydrogens is 618 g/mol. The van der Waals surface area contributed by atoms with Crippen LogP contribution < -0.4 is 9.47 Å². The number of piperidine rings is 1. The Balaban J connectivity index is 1.20. The molecule has 0 unspecified atom stereocenters. The van der Waals surface area contributed by atoms with Crippen LogP contribution in [-0.4, -0.2) is 53.6 Å². The van der Waals surface area contributed by atoms with Crippen molar-refractivity contribution in [3.8, 4) is 11.5 Å². The fraction of sp³-hybridized carbons (Fsp3) is 0.467. The lowest BCUT2D eigenvalue weighted by Crippen LogP contribution is -2.82. The number of rotatable bonds is 9. The second-order valence-corrected chi connectivity index (χ2v) is 16.9. The minimum atomic E-state index is -0.917. The molecule has 5 nitrogen and oxygen atoms in total. The number of hydrogen-bond donors (Lipinski definition) is 1. The summed E-state index contributed by atoms with van der Waals surface area (Å²) < 4.78 is 22.0. The van der Waals surface area contributed by atoms with Crippen molar-refractivity contribution in [3.63, 3.8) is 0 Å². The van der Waals surface area contributed by atoms with E-state index < -0.39 is 16.8 Å². The van der Waals surface area contributed by atoms with Gasteiger partial charge < -0.3 is 19.3 Å². The van der Waals surface area contributed by atoms with E-state index in [2.05, 4.69) is 108 Å². The van der Waals surface area contributed by atoms with Crippen molar-refractivity contribution in [1.29, 1.82) is 0 Å². The summed E-state index contributed by atoms with van der Waals surface area (Å²) >= 11 is 0. The Morgan fingerprint density at radius 3 is 2.00 bits per heavy atom. The topological polar surface area (TPSA) is 51.2 Å². The van der Waals surface area contributed by atoms with Crippen molar-refractivity contribution in [1.82, 2.24) is 4.90 Å². The number of hydrogen-bond acceptors (Lipinski definition) is 5. The smallest absolute Gasteiger partial charge is 0.184 e. The van der Waals surface area contributed by atoms with Crippen molar-refractivity contribution in [2.45, 2.75) is 93.2 Å². The highest BCUT2D eigenvalue weighted by Crippen LogP contribution is 2.77. The zero-order valence-corrected chi connectivity index (χ0v) is 29.6. The molecule has 4 aromatic carbocycles. The second-order valence-electron chi connectivity index (χ2n) is 16.9. The zero-order valence-electron chi connectivity index (χ0n) is 29.6. The monoisotopic (exact) mass is 667 g/mol. The molecule has 0 amide bonds. The van der Waals surface area contributed by atoms with Gasteiger partial charge in [0.2, 0.25) is 0 Å². The van der Waals surface area contributed by atoms with Crippen molar-refractivity contribution >= 4 is 0 Å². The van der Waals surface area contributed by atoms with Gasteiger partial charge in [-0.3, -0.25) is 4.90 Å². The van der Waals surface area contributed by atoms with Gasteiger partial charge in [0.25, 0.3) is 0 Å². The Morgan fingerprint density at radius 2 is 1.44 bits per heavy atom. The van der Waals surface area contributed by atoms with Crippen molar-refractivity contribution in [2.75, 3.05) is 20.2 Å². The van der Waals surface area contributed by atoms with Gasteiger partial charge in [0, 0.05) is 58.7 Å². The maximum Gasteiger partial charge on any atom is 0.184 e. The van der Waals surface area contributed by atoms with Gasteiger partial charge in [0.1, 0.15) is 11.7 Å². The summed E-state index contributed by atoms with van der Waals surface area (Å²) in [6.07, 6.45) is 7.57. The molecule has 1 N–H and O–H groups in total.